The van der Waals surface area contributed by atoms with E-state index in [2.05, 4.69) is 16.4 Å². The fraction of sp³-hybridized carbons (Fsp3) is 0.286. The highest BCUT2D eigenvalue weighted by atomic mass is 35.5. The van der Waals surface area contributed by atoms with Gasteiger partial charge in [0.15, 0.2) is 5.96 Å². The van der Waals surface area contributed by atoms with Crippen LogP contribution in [0.15, 0.2) is 28.6 Å². The number of carbonyl (C=O) groups excluding carboxylic acids is 1. The van der Waals surface area contributed by atoms with Gasteiger partial charge in [0.1, 0.15) is 5.54 Å². The summed E-state index contributed by atoms with van der Waals surface area (Å²) in [5.74, 6) is 0.252. The lowest BCUT2D eigenvalue weighted by atomic mass is 9.94. The van der Waals surface area contributed by atoms with Gasteiger partial charge in [-0.05, 0) is 30.5 Å². The molecular formula is C14H14ClN3OS2. The van der Waals surface area contributed by atoms with Crippen LogP contribution in [0.4, 0.5) is 0 Å². The van der Waals surface area contributed by atoms with Crippen LogP contribution in [-0.4, -0.2) is 23.8 Å². The van der Waals surface area contributed by atoms with E-state index in [0.717, 1.165) is 19.7 Å². The van der Waals surface area contributed by atoms with Crippen molar-refractivity contribution in [3.05, 3.63) is 32.8 Å². The Kier molecular flexibility index (Phi) is 3.55. The van der Waals surface area contributed by atoms with E-state index in [1.54, 1.807) is 18.4 Å². The zero-order valence-electron chi connectivity index (χ0n) is 11.6. The van der Waals surface area contributed by atoms with Crippen molar-refractivity contribution in [2.75, 3.05) is 7.05 Å². The third-order valence-corrected chi connectivity index (χ3v) is 6.03. The van der Waals surface area contributed by atoms with Crippen LogP contribution < -0.4 is 5.73 Å². The molecule has 3 rings (SSSR count). The number of halogens is 1. The van der Waals surface area contributed by atoms with Crippen molar-refractivity contribution in [2.45, 2.75) is 18.9 Å². The van der Waals surface area contributed by atoms with Gasteiger partial charge in [-0.3, -0.25) is 9.69 Å². The van der Waals surface area contributed by atoms with Gasteiger partial charge in [0, 0.05) is 22.4 Å². The highest BCUT2D eigenvalue weighted by molar-refractivity contribution is 7.19. The maximum atomic E-state index is 12.0. The topological polar surface area (TPSA) is 58.7 Å². The standard InChI is InChI=1S/C14H14ClN3OS2/c1-14(6-12(19)18(2)13(16)17-14)10-5-8(7-20-10)9-3-4-11(15)21-9/h3-5,7H,6H2,1-2H3,(H2,16,17)/t14-/m0/s1. The maximum Gasteiger partial charge on any atom is 0.231 e. The van der Waals surface area contributed by atoms with Gasteiger partial charge in [0.05, 0.1) is 10.8 Å². The molecule has 1 aliphatic heterocycles. The van der Waals surface area contributed by atoms with Crippen LogP contribution in [-0.2, 0) is 10.3 Å². The van der Waals surface area contributed by atoms with E-state index in [1.165, 1.54) is 16.2 Å². The smallest absolute Gasteiger partial charge is 0.231 e. The molecule has 0 spiro atoms. The van der Waals surface area contributed by atoms with Gasteiger partial charge in [0.2, 0.25) is 5.91 Å². The number of nitrogens with zero attached hydrogens (tertiary/aromatic N) is 2. The van der Waals surface area contributed by atoms with Gasteiger partial charge in [0.25, 0.3) is 0 Å². The molecule has 1 aliphatic rings. The molecule has 0 fully saturated rings. The van der Waals surface area contributed by atoms with Crippen LogP contribution >= 0.6 is 34.3 Å². The van der Waals surface area contributed by atoms with Crippen molar-refractivity contribution < 1.29 is 4.79 Å². The molecule has 4 nitrogen and oxygen atoms in total. The predicted molar refractivity (Wildman–Crippen MR) is 89.0 cm³/mol. The molecule has 0 bridgehead atoms. The van der Waals surface area contributed by atoms with E-state index >= 15 is 0 Å². The second-order valence-corrected chi connectivity index (χ2v) is 7.80. The lowest BCUT2D eigenvalue weighted by molar-refractivity contribution is -0.128. The van der Waals surface area contributed by atoms with E-state index in [4.69, 9.17) is 17.3 Å². The Bertz CT molecular complexity index is 736. The van der Waals surface area contributed by atoms with Gasteiger partial charge in [-0.25, -0.2) is 4.99 Å². The summed E-state index contributed by atoms with van der Waals surface area (Å²) in [6.45, 7) is 1.95. The van der Waals surface area contributed by atoms with Crippen LogP contribution in [0.25, 0.3) is 10.4 Å². The molecule has 0 aliphatic carbocycles. The van der Waals surface area contributed by atoms with Gasteiger partial charge in [-0.15, -0.1) is 22.7 Å². The maximum absolute atomic E-state index is 12.0. The number of amides is 1. The molecule has 110 valence electrons. The van der Waals surface area contributed by atoms with E-state index in [1.807, 2.05) is 19.1 Å². The van der Waals surface area contributed by atoms with Gasteiger partial charge >= 0.3 is 0 Å². The average molecular weight is 340 g/mol. The zero-order valence-corrected chi connectivity index (χ0v) is 14.0. The summed E-state index contributed by atoms with van der Waals surface area (Å²) in [7, 11) is 1.65. The van der Waals surface area contributed by atoms with Crippen LogP contribution in [0, 0.1) is 0 Å². The molecule has 0 saturated heterocycles. The van der Waals surface area contributed by atoms with E-state index < -0.39 is 5.54 Å². The molecule has 0 aromatic carbocycles. The lowest BCUT2D eigenvalue weighted by Gasteiger charge is -2.32. The lowest BCUT2D eigenvalue weighted by Crippen LogP contribution is -2.47. The molecule has 0 saturated carbocycles. The number of nitrogens with two attached hydrogens (primary N) is 1. The summed E-state index contributed by atoms with van der Waals surface area (Å²) in [5.41, 5.74) is 6.37. The minimum absolute atomic E-state index is 0.0147. The molecule has 1 amide bonds. The highest BCUT2D eigenvalue weighted by Gasteiger charge is 2.37. The third kappa shape index (κ3) is 2.59. The van der Waals surface area contributed by atoms with Gasteiger partial charge in [-0.1, -0.05) is 11.6 Å². The van der Waals surface area contributed by atoms with E-state index in [0.29, 0.717) is 6.42 Å². The fourth-order valence-corrected chi connectivity index (χ4v) is 4.39. The summed E-state index contributed by atoms with van der Waals surface area (Å²) < 4.78 is 0.765. The van der Waals surface area contributed by atoms with Crippen LogP contribution in [0.2, 0.25) is 4.34 Å². The summed E-state index contributed by atoms with van der Waals surface area (Å²) >= 11 is 9.11. The molecule has 1 atom stereocenters. The second kappa shape index (κ2) is 5.12. The molecule has 2 aromatic rings. The number of hydrogen-bond donors (Lipinski definition) is 1. The van der Waals surface area contributed by atoms with Gasteiger partial charge in [-0.2, -0.15) is 0 Å². The van der Waals surface area contributed by atoms with Crippen LogP contribution in [0.1, 0.15) is 18.2 Å². The normalized spacial score (nSPS) is 22.5. The van der Waals surface area contributed by atoms with Gasteiger partial charge < -0.3 is 5.73 Å². The summed E-state index contributed by atoms with van der Waals surface area (Å²) in [4.78, 5) is 20.1. The minimum Gasteiger partial charge on any atom is -0.369 e. The third-order valence-electron chi connectivity index (χ3n) is 3.56. The van der Waals surface area contributed by atoms with Crippen molar-refractivity contribution in [1.29, 1.82) is 0 Å². The Morgan fingerprint density at radius 2 is 2.24 bits per heavy atom. The second-order valence-electron chi connectivity index (χ2n) is 5.18. The van der Waals surface area contributed by atoms with Crippen LogP contribution in [0.3, 0.4) is 0 Å². The summed E-state index contributed by atoms with van der Waals surface area (Å²) in [6, 6.07) is 5.96. The van der Waals surface area contributed by atoms with Crippen LogP contribution in [0.5, 0.6) is 0 Å². The quantitative estimate of drug-likeness (QED) is 0.910. The SMILES string of the molecule is CN1C(=O)C[C@@](C)(c2cc(-c3ccc(Cl)s3)cs2)N=C1N. The van der Waals surface area contributed by atoms with Crippen molar-refractivity contribution in [3.63, 3.8) is 0 Å². The largest absolute Gasteiger partial charge is 0.369 e. The number of carbonyl (C=O) groups is 1. The molecule has 2 N–H and O–H groups in total. The summed E-state index contributed by atoms with van der Waals surface area (Å²) in [5, 5.41) is 2.07. The number of thiophene rings is 2. The molecule has 2 aromatic heterocycles. The first-order valence-corrected chi connectivity index (χ1v) is 8.43. The first kappa shape index (κ1) is 14.6. The highest BCUT2D eigenvalue weighted by Crippen LogP contribution is 2.40. The molecular weight excluding hydrogens is 326 g/mol. The molecule has 7 heteroatoms. The Labute approximate surface area is 135 Å². The Morgan fingerprint density at radius 1 is 1.48 bits per heavy atom. The molecule has 3 heterocycles. The number of aliphatic imine (C=N–C) groups is 1. The molecule has 0 radical (unpaired) electrons. The Balaban J connectivity index is 1.98. The number of hydrogen-bond acceptors (Lipinski definition) is 5. The molecule has 0 unspecified atom stereocenters. The summed E-state index contributed by atoms with van der Waals surface area (Å²) in [6.07, 6.45) is 0.329. The Hall–Kier alpha value is -1.37. The van der Waals surface area contributed by atoms with E-state index in [-0.39, 0.29) is 11.9 Å². The Morgan fingerprint density at radius 3 is 2.86 bits per heavy atom. The van der Waals surface area contributed by atoms with Crippen molar-refractivity contribution >= 4 is 46.1 Å². The first-order valence-electron chi connectivity index (χ1n) is 6.36. The predicted octanol–water partition coefficient (Wildman–Crippen LogP) is 3.52. The monoisotopic (exact) mass is 339 g/mol. The number of rotatable bonds is 2. The minimum atomic E-state index is -0.586. The molecule has 21 heavy (non-hydrogen) atoms. The average Bonchev–Trinajstić information content (AvgIpc) is 3.04. The van der Waals surface area contributed by atoms with Crippen molar-refractivity contribution in [1.82, 2.24) is 4.90 Å². The fourth-order valence-electron chi connectivity index (χ4n) is 2.27. The van der Waals surface area contributed by atoms with Crippen molar-refractivity contribution in [3.8, 4) is 10.4 Å². The number of guanidine groups is 1. The van der Waals surface area contributed by atoms with E-state index in [9.17, 15) is 4.79 Å². The first-order chi connectivity index (χ1) is 9.89. The zero-order chi connectivity index (χ0) is 15.2. The van der Waals surface area contributed by atoms with Crippen molar-refractivity contribution in [2.24, 2.45) is 10.7 Å².